The number of guanidine groups is 10. The maximum Gasteiger partial charge on any atom is 0.211 e. The third kappa shape index (κ3) is 154. The number of nitrogens with two attached hydrogens (primary N) is 26. The first kappa shape index (κ1) is 132. The van der Waals surface area contributed by atoms with Crippen molar-refractivity contribution in [2.24, 2.45) is 332 Å². The molecule has 0 atom stereocenters. The molecule has 0 spiro atoms. The van der Waals surface area contributed by atoms with Crippen LogP contribution in [0.5, 0.6) is 0 Å². The second-order valence-electron chi connectivity index (χ2n) is 23.6. The van der Waals surface area contributed by atoms with Gasteiger partial charge in [-0.05, 0) is 138 Å². The van der Waals surface area contributed by atoms with Crippen molar-refractivity contribution >= 4 is 237 Å². The van der Waals surface area contributed by atoms with E-state index in [1.807, 2.05) is 0 Å². The first-order chi connectivity index (χ1) is 60.2. The SMILES string of the molecule is C/C(N)=N/N=C/C(C)=N/N=C(N)N.C/C(N)=N/N=C/C(C)=N\N=C(N)N.CC(=N)CN=C/C(C)=N/N=C(N)N.CC(=N)CN=C/C(C)=N/N=C(N)N.CC(=N)CN=C/C(C)=N\N=C(N)N.CC(=N)CN=C/C(C)=N\N=C(N)N.CC(N)=N/N=C\C(C)=N/N=C(N)N.CC(N)=N/N=C\C(C)=N\N=C(N)N.CC(N)=N/N=C\C(C)=N\N=C(N)N.C\C(N)=N/N=C\C(C)=N\N=C(N)N. The molecular weight excluding hydrogens is 1690 g/mol. The van der Waals surface area contributed by atoms with Gasteiger partial charge in [0, 0.05) is 47.7 Å². The van der Waals surface area contributed by atoms with Crippen LogP contribution in [0.1, 0.15) is 138 Å². The van der Waals surface area contributed by atoms with Gasteiger partial charge < -0.3 is 171 Å². The van der Waals surface area contributed by atoms with E-state index in [0.717, 1.165) is 0 Å². The van der Waals surface area contributed by atoms with Gasteiger partial charge in [-0.2, -0.15) is 81.6 Å². The molecule has 0 aromatic carbocycles. The molecular formula is C64H134N66. The fraction of sp³-hybridized carbons (Fsp3) is 0.375. The van der Waals surface area contributed by atoms with E-state index in [1.54, 1.807) is 138 Å². The Kier molecular flexibility index (Phi) is 91.4. The second kappa shape index (κ2) is 89.8. The summed E-state index contributed by atoms with van der Waals surface area (Å²) in [7, 11) is 0. The van der Waals surface area contributed by atoms with Crippen molar-refractivity contribution in [1.82, 2.24) is 0 Å². The first-order valence-corrected chi connectivity index (χ1v) is 35.7. The van der Waals surface area contributed by atoms with Gasteiger partial charge in [0.1, 0.15) is 35.0 Å². The standard InChI is InChI=1S/4C7H14N6.6C6H13N7/c4*1-5(8)3-11-4-6(2)12-13-7(9)10;6*1-4(11-13-6(8)9)3-10-12-5(2)7/h4*4,8H,3H2,1-2H3,(H4,9,10,13);6*3H,1-2H3,(H2,7,12)(H4,8,9,13)/b2*8-5?,11-4?,12-6+;2*8-5?,11-4?,12-6-;10-3+,11-4+;10-3+,11-4-;3*10-3-,11-4+;10-3-,11-4-. The highest BCUT2D eigenvalue weighted by molar-refractivity contribution is 6.33. The van der Waals surface area contributed by atoms with Crippen LogP contribution in [0, 0.1) is 21.6 Å². The number of nitrogens with one attached hydrogen (secondary N) is 4. The predicted molar refractivity (Wildman–Crippen MR) is 551 cm³/mol. The van der Waals surface area contributed by atoms with Crippen LogP contribution in [0.4, 0.5) is 0 Å². The summed E-state index contributed by atoms with van der Waals surface area (Å²) in [5.74, 6) is 1.22. The first-order valence-electron chi connectivity index (χ1n) is 35.7. The number of aliphatic imine (C=N–C) groups is 4. The number of hydrogen-bond acceptors (Lipinski definition) is 40. The molecule has 0 bridgehead atoms. The average Bonchev–Trinajstić information content (AvgIpc) is 1.07. The summed E-state index contributed by atoms with van der Waals surface area (Å²) in [6, 6.07) is 0. The topological polar surface area (TPSA) is 1220 Å². The van der Waals surface area contributed by atoms with Crippen LogP contribution in [0.25, 0.3) is 0 Å². The van der Waals surface area contributed by atoms with Crippen LogP contribution in [0.3, 0.4) is 0 Å². The third-order valence-corrected chi connectivity index (χ3v) is 8.42. The van der Waals surface area contributed by atoms with E-state index in [0.29, 0.717) is 141 Å². The van der Waals surface area contributed by atoms with Gasteiger partial charge in [0.05, 0.1) is 121 Å². The Balaban J connectivity index is -0.000000154. The van der Waals surface area contributed by atoms with Gasteiger partial charge in [-0.25, -0.2) is 0 Å². The van der Waals surface area contributed by atoms with Crippen LogP contribution in [0.2, 0.25) is 0 Å². The number of hydrogen-bond donors (Lipinski definition) is 30. The van der Waals surface area contributed by atoms with Gasteiger partial charge in [0.2, 0.25) is 59.6 Å². The van der Waals surface area contributed by atoms with Crippen LogP contribution in [0.15, 0.2) is 183 Å². The van der Waals surface area contributed by atoms with Gasteiger partial charge in [-0.3, -0.25) is 20.0 Å². The van der Waals surface area contributed by atoms with E-state index in [2.05, 4.69) is 183 Å². The predicted octanol–water partition coefficient (Wildman–Crippen LogP) is -7.02. The molecule has 0 radical (unpaired) electrons. The molecule has 0 unspecified atom stereocenters. The third-order valence-electron chi connectivity index (χ3n) is 8.42. The Bertz CT molecular complexity index is 3850. The van der Waals surface area contributed by atoms with Crippen LogP contribution < -0.4 is 149 Å². The fourth-order valence-corrected chi connectivity index (χ4v) is 4.10. The minimum Gasteiger partial charge on any atom is -0.386 e. The maximum atomic E-state index is 7.09. The zero-order valence-corrected chi connectivity index (χ0v) is 76.7. The molecule has 0 heterocycles. The minimum absolute atomic E-state index is 0.0871. The summed E-state index contributed by atoms with van der Waals surface area (Å²) in [4.78, 5) is 15.7. The number of nitrogens with zero attached hydrogens (tertiary/aromatic N) is 36. The average molecular weight is 1830 g/mol. The number of amidine groups is 6. The molecule has 720 valence electrons. The molecule has 56 N–H and O–H groups in total. The molecule has 0 aliphatic carbocycles. The summed E-state index contributed by atoms with van der Waals surface area (Å²) in [6.45, 7) is 34.9. The van der Waals surface area contributed by atoms with Crippen LogP contribution in [-0.2, 0) is 0 Å². The highest BCUT2D eigenvalue weighted by Crippen LogP contribution is 1.87. The largest absolute Gasteiger partial charge is 0.386 e. The van der Waals surface area contributed by atoms with Gasteiger partial charge in [0.25, 0.3) is 0 Å². The highest BCUT2D eigenvalue weighted by atomic mass is 15.3. The van der Waals surface area contributed by atoms with Gasteiger partial charge in [0.15, 0.2) is 0 Å². The molecule has 0 aromatic heterocycles. The van der Waals surface area contributed by atoms with Crippen molar-refractivity contribution in [3.63, 3.8) is 0 Å². The molecule has 0 fully saturated rings. The summed E-state index contributed by atoms with van der Waals surface area (Å²) in [5, 5.41) is 142. The van der Waals surface area contributed by atoms with Crippen molar-refractivity contribution in [2.75, 3.05) is 26.2 Å². The van der Waals surface area contributed by atoms with Crippen molar-refractivity contribution in [3.8, 4) is 0 Å². The Hall–Kier alpha value is -18.4. The van der Waals surface area contributed by atoms with E-state index in [-0.39, 0.29) is 59.6 Å². The Morgan fingerprint density at radius 3 is 0.315 bits per heavy atom. The molecule has 0 amide bonds. The molecule has 0 saturated carbocycles. The number of rotatable bonds is 34. The van der Waals surface area contributed by atoms with Crippen LogP contribution >= 0.6 is 0 Å². The molecule has 0 aliphatic heterocycles. The van der Waals surface area contributed by atoms with Crippen molar-refractivity contribution in [1.29, 1.82) is 21.6 Å². The summed E-state index contributed by atoms with van der Waals surface area (Å²) < 4.78 is 0. The Morgan fingerprint density at radius 1 is 0.146 bits per heavy atom. The smallest absolute Gasteiger partial charge is 0.211 e. The van der Waals surface area contributed by atoms with E-state index in [1.165, 1.54) is 62.1 Å². The molecule has 130 heavy (non-hydrogen) atoms. The lowest BCUT2D eigenvalue weighted by atomic mass is 10.4. The molecule has 0 rings (SSSR count). The quantitative estimate of drug-likeness (QED) is 0.0162. The summed E-state index contributed by atoms with van der Waals surface area (Å²) >= 11 is 0. The van der Waals surface area contributed by atoms with Crippen molar-refractivity contribution < 1.29 is 0 Å². The maximum absolute atomic E-state index is 7.09. The highest BCUT2D eigenvalue weighted by Gasteiger charge is 1.94. The fourth-order valence-electron chi connectivity index (χ4n) is 4.10. The monoisotopic (exact) mass is 1830 g/mol. The van der Waals surface area contributed by atoms with Crippen LogP contribution in [-0.4, -0.2) is 263 Å². The van der Waals surface area contributed by atoms with Crippen molar-refractivity contribution in [3.05, 3.63) is 0 Å². The van der Waals surface area contributed by atoms with E-state index in [9.17, 15) is 0 Å². The van der Waals surface area contributed by atoms with Crippen molar-refractivity contribution in [2.45, 2.75) is 138 Å². The van der Waals surface area contributed by atoms with E-state index < -0.39 is 0 Å². The molecule has 0 aromatic rings. The van der Waals surface area contributed by atoms with Gasteiger partial charge >= 0.3 is 0 Å². The minimum atomic E-state index is -0.105. The lowest BCUT2D eigenvalue weighted by Crippen LogP contribution is -2.22. The summed E-state index contributed by atoms with van der Waals surface area (Å²) in [6.07, 6.45) is 14.4. The Morgan fingerprint density at radius 2 is 0.238 bits per heavy atom. The Labute approximate surface area is 752 Å². The molecule has 0 saturated heterocycles. The zero-order chi connectivity index (χ0) is 103. The van der Waals surface area contributed by atoms with E-state index >= 15 is 0 Å². The molecule has 66 nitrogen and oxygen atoms in total. The zero-order valence-electron chi connectivity index (χ0n) is 76.7. The lowest BCUT2D eigenvalue weighted by Gasteiger charge is -1.89. The van der Waals surface area contributed by atoms with E-state index in [4.69, 9.17) is 171 Å². The van der Waals surface area contributed by atoms with Gasteiger partial charge in [-0.15, -0.1) is 81.6 Å². The normalized spacial score (nSPS) is 12.7. The second-order valence-corrected chi connectivity index (χ2v) is 23.6. The summed E-state index contributed by atoms with van der Waals surface area (Å²) in [5.41, 5.74) is 140. The molecule has 66 heteroatoms. The lowest BCUT2D eigenvalue weighted by molar-refractivity contribution is 1.20. The van der Waals surface area contributed by atoms with Gasteiger partial charge in [-0.1, -0.05) is 0 Å². The molecule has 0 aliphatic rings.